The van der Waals surface area contributed by atoms with Crippen LogP contribution in [-0.2, 0) is 14.3 Å². The van der Waals surface area contributed by atoms with Gasteiger partial charge in [-0.15, -0.1) is 0 Å². The summed E-state index contributed by atoms with van der Waals surface area (Å²) in [6.07, 6.45) is 0. The van der Waals surface area contributed by atoms with Gasteiger partial charge in [0.1, 0.15) is 0 Å². The molecule has 1 unspecified atom stereocenters. The van der Waals surface area contributed by atoms with E-state index in [0.29, 0.717) is 18.7 Å². The highest BCUT2D eigenvalue weighted by Gasteiger charge is 2.22. The number of esters is 1. The summed E-state index contributed by atoms with van der Waals surface area (Å²) in [5.74, 6) is -0.938. The number of carbonyl (C=O) groups is 2. The molecule has 0 saturated carbocycles. The van der Waals surface area contributed by atoms with E-state index in [2.05, 4.69) is 0 Å². The Kier molecular flexibility index (Phi) is 8.29. The fraction of sp³-hybridized carbons (Fsp3) is 0.529. The second-order valence-electron chi connectivity index (χ2n) is 5.38. The Morgan fingerprint density at radius 2 is 2.04 bits per heavy atom. The van der Waals surface area contributed by atoms with Crippen molar-refractivity contribution in [3.05, 3.63) is 35.4 Å². The van der Waals surface area contributed by atoms with Crippen molar-refractivity contribution < 1.29 is 24.2 Å². The Morgan fingerprint density at radius 1 is 1.30 bits per heavy atom. The number of carbonyl (C=O) groups excluding carboxylic acids is 2. The third-order valence-corrected chi connectivity index (χ3v) is 3.39. The molecule has 6 heteroatoms. The number of nitrogens with zero attached hydrogens (tertiary/aromatic N) is 1. The molecule has 0 heterocycles. The molecular formula is C17H25NO5. The van der Waals surface area contributed by atoms with E-state index < -0.39 is 5.92 Å². The zero-order chi connectivity index (χ0) is 17.2. The number of methoxy groups -OCH3 is 1. The molecule has 23 heavy (non-hydrogen) atoms. The topological polar surface area (TPSA) is 76.1 Å². The van der Waals surface area contributed by atoms with Crippen LogP contribution in [-0.4, -0.2) is 61.9 Å². The van der Waals surface area contributed by atoms with E-state index in [1.165, 1.54) is 7.11 Å². The number of hydrogen-bond acceptors (Lipinski definition) is 5. The van der Waals surface area contributed by atoms with Crippen molar-refractivity contribution in [1.29, 1.82) is 0 Å². The maximum Gasteiger partial charge on any atom is 0.310 e. The number of aryl methyl sites for hydroxylation is 1. The Hall–Kier alpha value is -1.92. The summed E-state index contributed by atoms with van der Waals surface area (Å²) >= 11 is 0. The molecule has 1 atom stereocenters. The molecule has 1 rings (SSSR count). The highest BCUT2D eigenvalue weighted by atomic mass is 16.5. The lowest BCUT2D eigenvalue weighted by Crippen LogP contribution is -2.39. The Balaban J connectivity index is 2.80. The first-order valence-corrected chi connectivity index (χ1v) is 7.62. The van der Waals surface area contributed by atoms with Crippen LogP contribution in [0.15, 0.2) is 24.3 Å². The Morgan fingerprint density at radius 3 is 2.65 bits per heavy atom. The van der Waals surface area contributed by atoms with Crippen LogP contribution in [0.3, 0.4) is 0 Å². The van der Waals surface area contributed by atoms with Crippen molar-refractivity contribution in [1.82, 2.24) is 4.90 Å². The van der Waals surface area contributed by atoms with Crippen molar-refractivity contribution in [3.8, 4) is 0 Å². The number of benzene rings is 1. The first kappa shape index (κ1) is 19.1. The summed E-state index contributed by atoms with van der Waals surface area (Å²) in [6.45, 7) is 4.69. The molecule has 128 valence electrons. The SMILES string of the molecule is COC(=O)C(C)CN(CCOCCO)C(=O)c1cccc(C)c1. The summed E-state index contributed by atoms with van der Waals surface area (Å²) in [6, 6.07) is 7.31. The van der Waals surface area contributed by atoms with Crippen LogP contribution in [0.5, 0.6) is 0 Å². The molecule has 1 amide bonds. The lowest BCUT2D eigenvalue weighted by atomic mass is 10.1. The molecule has 0 aliphatic rings. The van der Waals surface area contributed by atoms with Gasteiger partial charge in [-0.1, -0.05) is 24.6 Å². The van der Waals surface area contributed by atoms with Gasteiger partial charge in [0.05, 0.1) is 32.8 Å². The van der Waals surface area contributed by atoms with Crippen LogP contribution in [0.1, 0.15) is 22.8 Å². The van der Waals surface area contributed by atoms with Crippen LogP contribution < -0.4 is 0 Å². The van der Waals surface area contributed by atoms with Gasteiger partial charge in [-0.3, -0.25) is 9.59 Å². The fourth-order valence-electron chi connectivity index (χ4n) is 2.18. The van der Waals surface area contributed by atoms with E-state index in [4.69, 9.17) is 14.6 Å². The van der Waals surface area contributed by atoms with Crippen LogP contribution >= 0.6 is 0 Å². The summed E-state index contributed by atoms with van der Waals surface area (Å²) in [7, 11) is 1.33. The number of aliphatic hydroxyl groups is 1. The number of rotatable bonds is 9. The lowest BCUT2D eigenvalue weighted by Gasteiger charge is -2.25. The zero-order valence-electron chi connectivity index (χ0n) is 13.9. The predicted octanol–water partition coefficient (Wildman–Crippen LogP) is 1.26. The van der Waals surface area contributed by atoms with Crippen molar-refractivity contribution in [2.75, 3.05) is 40.0 Å². The summed E-state index contributed by atoms with van der Waals surface area (Å²) < 4.78 is 9.95. The largest absolute Gasteiger partial charge is 0.469 e. The molecule has 0 aliphatic carbocycles. The predicted molar refractivity (Wildman–Crippen MR) is 86.2 cm³/mol. The smallest absolute Gasteiger partial charge is 0.310 e. The van der Waals surface area contributed by atoms with Gasteiger partial charge < -0.3 is 19.5 Å². The summed E-state index contributed by atoms with van der Waals surface area (Å²) in [4.78, 5) is 25.9. The minimum Gasteiger partial charge on any atom is -0.469 e. The van der Waals surface area contributed by atoms with E-state index >= 15 is 0 Å². The van der Waals surface area contributed by atoms with E-state index in [1.54, 1.807) is 17.9 Å². The molecule has 0 fully saturated rings. The van der Waals surface area contributed by atoms with E-state index in [-0.39, 0.29) is 31.6 Å². The first-order chi connectivity index (χ1) is 11.0. The van der Waals surface area contributed by atoms with Gasteiger partial charge in [0.25, 0.3) is 5.91 Å². The number of ether oxygens (including phenoxy) is 2. The molecule has 1 N–H and O–H groups in total. The van der Waals surface area contributed by atoms with Gasteiger partial charge in [-0.25, -0.2) is 0 Å². The molecule has 0 aromatic heterocycles. The standard InChI is InChI=1S/C17H25NO5/c1-13-5-4-6-15(11-13)16(20)18(7-9-23-10-8-19)12-14(2)17(21)22-3/h4-6,11,14,19H,7-10,12H2,1-3H3. The maximum absolute atomic E-state index is 12.7. The fourth-order valence-corrected chi connectivity index (χ4v) is 2.18. The average Bonchev–Trinajstić information content (AvgIpc) is 2.56. The van der Waals surface area contributed by atoms with Crippen LogP contribution in [0, 0.1) is 12.8 Å². The molecule has 0 radical (unpaired) electrons. The molecule has 6 nitrogen and oxygen atoms in total. The van der Waals surface area contributed by atoms with Crippen molar-refractivity contribution in [2.45, 2.75) is 13.8 Å². The van der Waals surface area contributed by atoms with Gasteiger partial charge in [-0.05, 0) is 19.1 Å². The van der Waals surface area contributed by atoms with Gasteiger partial charge in [0, 0.05) is 18.7 Å². The molecular weight excluding hydrogens is 298 g/mol. The van der Waals surface area contributed by atoms with Gasteiger partial charge in [-0.2, -0.15) is 0 Å². The van der Waals surface area contributed by atoms with E-state index in [0.717, 1.165) is 5.56 Å². The zero-order valence-corrected chi connectivity index (χ0v) is 13.9. The summed E-state index contributed by atoms with van der Waals surface area (Å²) in [5.41, 5.74) is 1.57. The quantitative estimate of drug-likeness (QED) is 0.547. The molecule has 0 bridgehead atoms. The van der Waals surface area contributed by atoms with Crippen molar-refractivity contribution >= 4 is 11.9 Å². The van der Waals surface area contributed by atoms with E-state index in [1.807, 2.05) is 25.1 Å². The highest BCUT2D eigenvalue weighted by molar-refractivity contribution is 5.94. The lowest BCUT2D eigenvalue weighted by molar-refractivity contribution is -0.145. The maximum atomic E-state index is 12.7. The van der Waals surface area contributed by atoms with Crippen LogP contribution in [0.4, 0.5) is 0 Å². The Labute approximate surface area is 137 Å². The number of amides is 1. The van der Waals surface area contributed by atoms with Crippen LogP contribution in [0.2, 0.25) is 0 Å². The highest BCUT2D eigenvalue weighted by Crippen LogP contribution is 2.11. The molecule has 1 aromatic rings. The Bertz CT molecular complexity index is 517. The second kappa shape index (κ2) is 9.97. The molecule has 1 aromatic carbocycles. The second-order valence-corrected chi connectivity index (χ2v) is 5.38. The average molecular weight is 323 g/mol. The third kappa shape index (κ3) is 6.38. The minimum atomic E-state index is -0.424. The van der Waals surface area contributed by atoms with Crippen molar-refractivity contribution in [2.24, 2.45) is 5.92 Å². The molecule has 0 spiro atoms. The number of aliphatic hydroxyl groups excluding tert-OH is 1. The summed E-state index contributed by atoms with van der Waals surface area (Å²) in [5, 5.41) is 8.73. The normalized spacial score (nSPS) is 11.8. The minimum absolute atomic E-state index is 0.0651. The number of hydrogen-bond donors (Lipinski definition) is 1. The van der Waals surface area contributed by atoms with Gasteiger partial charge >= 0.3 is 5.97 Å². The van der Waals surface area contributed by atoms with Crippen LogP contribution in [0.25, 0.3) is 0 Å². The van der Waals surface area contributed by atoms with Gasteiger partial charge in [0.15, 0.2) is 0 Å². The third-order valence-electron chi connectivity index (χ3n) is 3.39. The molecule has 0 aliphatic heterocycles. The molecule has 0 saturated heterocycles. The van der Waals surface area contributed by atoms with E-state index in [9.17, 15) is 9.59 Å². The monoisotopic (exact) mass is 323 g/mol. The first-order valence-electron chi connectivity index (χ1n) is 7.62. The van der Waals surface area contributed by atoms with Gasteiger partial charge in [0.2, 0.25) is 0 Å². The van der Waals surface area contributed by atoms with Crippen molar-refractivity contribution in [3.63, 3.8) is 0 Å².